The van der Waals surface area contributed by atoms with Gasteiger partial charge < -0.3 is 14.5 Å². The first-order valence-electron chi connectivity index (χ1n) is 8.36. The Bertz CT molecular complexity index is 712. The van der Waals surface area contributed by atoms with Crippen LogP contribution in [0.4, 0.5) is 0 Å². The Hall–Kier alpha value is -2.08. The van der Waals surface area contributed by atoms with Gasteiger partial charge in [0, 0.05) is 39.1 Å². The first kappa shape index (κ1) is 14.5. The lowest BCUT2D eigenvalue weighted by atomic mass is 10.3. The molecular weight excluding hydrogens is 290 g/mol. The van der Waals surface area contributed by atoms with Crippen molar-refractivity contribution in [2.24, 2.45) is 13.0 Å². The fourth-order valence-corrected chi connectivity index (χ4v) is 3.23. The number of fused-ring (bicyclic) bond motifs is 1. The average Bonchev–Trinajstić information content (AvgIpc) is 3.08. The van der Waals surface area contributed by atoms with Gasteiger partial charge in [0.1, 0.15) is 11.5 Å². The Morgan fingerprint density at radius 1 is 1.39 bits per heavy atom. The molecule has 122 valence electrons. The van der Waals surface area contributed by atoms with Crippen molar-refractivity contribution in [3.05, 3.63) is 41.7 Å². The van der Waals surface area contributed by atoms with Gasteiger partial charge in [-0.3, -0.25) is 9.69 Å². The second kappa shape index (κ2) is 5.85. The molecule has 0 unspecified atom stereocenters. The van der Waals surface area contributed by atoms with Crippen LogP contribution in [0, 0.1) is 5.92 Å². The molecule has 1 saturated carbocycles. The van der Waals surface area contributed by atoms with Crippen LogP contribution in [0.5, 0.6) is 0 Å². The van der Waals surface area contributed by atoms with Crippen LogP contribution in [-0.2, 0) is 26.7 Å². The summed E-state index contributed by atoms with van der Waals surface area (Å²) in [4.78, 5) is 19.4. The van der Waals surface area contributed by atoms with Crippen LogP contribution in [-0.4, -0.2) is 38.0 Å². The van der Waals surface area contributed by atoms with Crippen LogP contribution in [0.2, 0.25) is 0 Å². The molecule has 2 aliphatic rings. The Labute approximate surface area is 136 Å². The van der Waals surface area contributed by atoms with Crippen LogP contribution >= 0.6 is 0 Å². The van der Waals surface area contributed by atoms with Crippen molar-refractivity contribution in [3.8, 4) is 0 Å². The van der Waals surface area contributed by atoms with Crippen molar-refractivity contribution in [1.29, 1.82) is 0 Å². The number of aromatic nitrogens is 3. The zero-order valence-electron chi connectivity index (χ0n) is 13.5. The maximum atomic E-state index is 12.1. The van der Waals surface area contributed by atoms with Crippen LogP contribution in [0.1, 0.15) is 34.8 Å². The molecular formula is C17H23N5O. The summed E-state index contributed by atoms with van der Waals surface area (Å²) in [7, 11) is 1.87. The molecule has 0 bridgehead atoms. The molecule has 1 aliphatic heterocycles. The first-order chi connectivity index (χ1) is 11.2. The average molecular weight is 313 g/mol. The van der Waals surface area contributed by atoms with Gasteiger partial charge in [0.25, 0.3) is 5.91 Å². The van der Waals surface area contributed by atoms with Crippen molar-refractivity contribution < 1.29 is 4.79 Å². The molecule has 1 aliphatic carbocycles. The summed E-state index contributed by atoms with van der Waals surface area (Å²) in [6, 6.07) is 3.70. The molecule has 1 N–H and O–H groups in total. The van der Waals surface area contributed by atoms with E-state index in [1.165, 1.54) is 19.4 Å². The molecule has 1 fully saturated rings. The topological polar surface area (TPSA) is 55.1 Å². The van der Waals surface area contributed by atoms with E-state index in [9.17, 15) is 4.79 Å². The standard InChI is InChI=1S/C17H23N5O/c1-20-6-2-3-15(20)17(23)18-9-14-11-22-8-7-21(10-13-4-5-13)12-16(22)19-14/h2-3,6,11,13H,4-5,7-10,12H2,1H3,(H,18,23). The number of hydrogen-bond acceptors (Lipinski definition) is 3. The third-order valence-electron chi connectivity index (χ3n) is 4.75. The van der Waals surface area contributed by atoms with E-state index in [0.29, 0.717) is 12.2 Å². The van der Waals surface area contributed by atoms with E-state index in [4.69, 9.17) is 4.98 Å². The normalized spacial score (nSPS) is 18.0. The molecule has 3 heterocycles. The Balaban J connectivity index is 1.36. The number of nitrogens with zero attached hydrogens (tertiary/aromatic N) is 4. The molecule has 4 rings (SSSR count). The quantitative estimate of drug-likeness (QED) is 0.907. The highest BCUT2D eigenvalue weighted by Crippen LogP contribution is 2.30. The smallest absolute Gasteiger partial charge is 0.268 e. The van der Waals surface area contributed by atoms with Gasteiger partial charge in [0.05, 0.1) is 18.8 Å². The van der Waals surface area contributed by atoms with Gasteiger partial charge in [-0.25, -0.2) is 4.98 Å². The van der Waals surface area contributed by atoms with Crippen LogP contribution in [0.3, 0.4) is 0 Å². The highest BCUT2D eigenvalue weighted by atomic mass is 16.1. The minimum atomic E-state index is -0.0566. The maximum absolute atomic E-state index is 12.1. The number of amides is 1. The van der Waals surface area contributed by atoms with Crippen molar-refractivity contribution in [1.82, 2.24) is 24.3 Å². The van der Waals surface area contributed by atoms with E-state index in [0.717, 1.165) is 37.1 Å². The summed E-state index contributed by atoms with van der Waals surface area (Å²) >= 11 is 0. The number of carbonyl (C=O) groups excluding carboxylic acids is 1. The summed E-state index contributed by atoms with van der Waals surface area (Å²) in [5.74, 6) is 1.99. The molecule has 0 aromatic carbocycles. The first-order valence-corrected chi connectivity index (χ1v) is 8.36. The molecule has 2 aromatic rings. The second-order valence-electron chi connectivity index (χ2n) is 6.71. The zero-order valence-corrected chi connectivity index (χ0v) is 13.5. The molecule has 6 heteroatoms. The van der Waals surface area contributed by atoms with Gasteiger partial charge >= 0.3 is 0 Å². The minimum absolute atomic E-state index is 0.0566. The van der Waals surface area contributed by atoms with E-state index in [1.54, 1.807) is 0 Å². The minimum Gasteiger partial charge on any atom is -0.347 e. The van der Waals surface area contributed by atoms with Crippen molar-refractivity contribution >= 4 is 5.91 Å². The van der Waals surface area contributed by atoms with E-state index in [1.807, 2.05) is 29.9 Å². The van der Waals surface area contributed by atoms with Crippen LogP contribution in [0.25, 0.3) is 0 Å². The zero-order chi connectivity index (χ0) is 15.8. The lowest BCUT2D eigenvalue weighted by Crippen LogP contribution is -2.34. The maximum Gasteiger partial charge on any atom is 0.268 e. The highest BCUT2D eigenvalue weighted by Gasteiger charge is 2.27. The third kappa shape index (κ3) is 3.17. The summed E-state index contributed by atoms with van der Waals surface area (Å²) in [6.45, 7) is 4.73. The molecule has 6 nitrogen and oxygen atoms in total. The molecule has 1 amide bonds. The molecule has 23 heavy (non-hydrogen) atoms. The van der Waals surface area contributed by atoms with E-state index < -0.39 is 0 Å². The predicted molar refractivity (Wildman–Crippen MR) is 86.8 cm³/mol. The lowest BCUT2D eigenvalue weighted by molar-refractivity contribution is 0.0942. The van der Waals surface area contributed by atoms with Gasteiger partial charge in [-0.1, -0.05) is 0 Å². The Kier molecular flexibility index (Phi) is 3.69. The summed E-state index contributed by atoms with van der Waals surface area (Å²) in [6.07, 6.45) is 6.73. The molecule has 0 saturated heterocycles. The fraction of sp³-hybridized carbons (Fsp3) is 0.529. The molecule has 0 spiro atoms. The van der Waals surface area contributed by atoms with Crippen molar-refractivity contribution in [3.63, 3.8) is 0 Å². The van der Waals surface area contributed by atoms with Crippen molar-refractivity contribution in [2.45, 2.75) is 32.5 Å². The Morgan fingerprint density at radius 2 is 2.26 bits per heavy atom. The fourth-order valence-electron chi connectivity index (χ4n) is 3.23. The summed E-state index contributed by atoms with van der Waals surface area (Å²) in [5, 5.41) is 2.96. The van der Waals surface area contributed by atoms with E-state index in [-0.39, 0.29) is 5.91 Å². The van der Waals surface area contributed by atoms with Gasteiger partial charge in [0.2, 0.25) is 0 Å². The number of hydrogen-bond donors (Lipinski definition) is 1. The monoisotopic (exact) mass is 313 g/mol. The van der Waals surface area contributed by atoms with Gasteiger partial charge in [-0.2, -0.15) is 0 Å². The number of nitrogens with one attached hydrogen (secondary N) is 1. The number of aryl methyl sites for hydroxylation is 1. The van der Waals surface area contributed by atoms with Gasteiger partial charge in [-0.15, -0.1) is 0 Å². The van der Waals surface area contributed by atoms with Crippen molar-refractivity contribution in [2.75, 3.05) is 13.1 Å². The number of carbonyl (C=O) groups is 1. The Morgan fingerprint density at radius 3 is 3.00 bits per heavy atom. The number of imidazole rings is 1. The molecule has 0 radical (unpaired) electrons. The predicted octanol–water partition coefficient (Wildman–Crippen LogP) is 1.38. The molecule has 0 atom stereocenters. The number of rotatable bonds is 5. The second-order valence-corrected chi connectivity index (χ2v) is 6.71. The van der Waals surface area contributed by atoms with Crippen LogP contribution in [0.15, 0.2) is 24.5 Å². The third-order valence-corrected chi connectivity index (χ3v) is 4.75. The lowest BCUT2D eigenvalue weighted by Gasteiger charge is -2.27. The largest absolute Gasteiger partial charge is 0.347 e. The molecule has 2 aromatic heterocycles. The summed E-state index contributed by atoms with van der Waals surface area (Å²) < 4.78 is 4.05. The van der Waals surface area contributed by atoms with Crippen LogP contribution < -0.4 is 5.32 Å². The summed E-state index contributed by atoms with van der Waals surface area (Å²) in [5.41, 5.74) is 1.61. The highest BCUT2D eigenvalue weighted by molar-refractivity contribution is 5.92. The van der Waals surface area contributed by atoms with Gasteiger partial charge in [0.15, 0.2) is 0 Å². The van der Waals surface area contributed by atoms with Gasteiger partial charge in [-0.05, 0) is 30.9 Å². The SMILES string of the molecule is Cn1cccc1C(=O)NCc1cn2c(n1)CN(CC1CC1)CC2. The van der Waals surface area contributed by atoms with E-state index in [2.05, 4.69) is 21.0 Å². The van der Waals surface area contributed by atoms with E-state index >= 15 is 0 Å².